The zero-order chi connectivity index (χ0) is 10.7. The van der Waals surface area contributed by atoms with E-state index >= 15 is 0 Å². The molecule has 0 aliphatic heterocycles. The van der Waals surface area contributed by atoms with E-state index in [9.17, 15) is 0 Å². The van der Waals surface area contributed by atoms with Gasteiger partial charge in [-0.05, 0) is 18.7 Å². The predicted molar refractivity (Wildman–Crippen MR) is 61.3 cm³/mol. The van der Waals surface area contributed by atoms with Crippen LogP contribution in [0, 0.1) is 0 Å². The van der Waals surface area contributed by atoms with Crippen LogP contribution in [-0.4, -0.2) is 18.1 Å². The number of benzene rings is 1. The molecule has 0 fully saturated rings. The van der Waals surface area contributed by atoms with Gasteiger partial charge in [-0.2, -0.15) is 0 Å². The normalized spacial score (nSPS) is 11.1. The number of nitrogens with zero attached hydrogens (tertiary/aromatic N) is 1. The van der Waals surface area contributed by atoms with Crippen LogP contribution in [0.3, 0.4) is 0 Å². The fraction of sp³-hybridized carbons (Fsp3) is 0.364. The zero-order valence-electron chi connectivity index (χ0n) is 8.59. The molecule has 0 atom stereocenters. The summed E-state index contributed by atoms with van der Waals surface area (Å²) in [6.45, 7) is 3.93. The Hall–Kier alpha value is -1.06. The van der Waals surface area contributed by atoms with Crippen LogP contribution < -0.4 is 5.32 Å². The summed E-state index contributed by atoms with van der Waals surface area (Å²) in [5.41, 5.74) is 1.62. The predicted octanol–water partition coefficient (Wildman–Crippen LogP) is 2.63. The van der Waals surface area contributed by atoms with Crippen LogP contribution in [-0.2, 0) is 6.42 Å². The van der Waals surface area contributed by atoms with Crippen molar-refractivity contribution < 1.29 is 4.42 Å². The third-order valence-corrected chi connectivity index (χ3v) is 2.40. The Bertz CT molecular complexity index is 453. The fourth-order valence-electron chi connectivity index (χ4n) is 1.43. The van der Waals surface area contributed by atoms with Gasteiger partial charge in [0.25, 0.3) is 0 Å². The summed E-state index contributed by atoms with van der Waals surface area (Å²) < 4.78 is 5.56. The van der Waals surface area contributed by atoms with Gasteiger partial charge in [-0.15, -0.1) is 0 Å². The molecule has 1 heterocycles. The van der Waals surface area contributed by atoms with Crippen LogP contribution in [0.25, 0.3) is 11.1 Å². The Kier molecular flexibility index (Phi) is 3.23. The smallest absolute Gasteiger partial charge is 0.196 e. The van der Waals surface area contributed by atoms with Gasteiger partial charge in [0, 0.05) is 24.1 Å². The lowest BCUT2D eigenvalue weighted by atomic mass is 10.3. The second kappa shape index (κ2) is 4.64. The van der Waals surface area contributed by atoms with E-state index in [1.165, 1.54) is 0 Å². The topological polar surface area (TPSA) is 38.1 Å². The molecule has 3 nitrogen and oxygen atoms in total. The van der Waals surface area contributed by atoms with Crippen molar-refractivity contribution in [2.75, 3.05) is 13.1 Å². The molecule has 1 aromatic heterocycles. The Morgan fingerprint density at radius 2 is 2.33 bits per heavy atom. The fourth-order valence-corrected chi connectivity index (χ4v) is 1.59. The molecule has 0 saturated heterocycles. The van der Waals surface area contributed by atoms with E-state index in [2.05, 4.69) is 17.2 Å². The molecular weight excluding hydrogens is 212 g/mol. The Morgan fingerprint density at radius 1 is 1.47 bits per heavy atom. The van der Waals surface area contributed by atoms with Crippen LogP contribution in [0.4, 0.5) is 0 Å². The molecule has 4 heteroatoms. The van der Waals surface area contributed by atoms with Gasteiger partial charge in [0.1, 0.15) is 5.52 Å². The van der Waals surface area contributed by atoms with Crippen LogP contribution in [0.1, 0.15) is 12.8 Å². The van der Waals surface area contributed by atoms with Gasteiger partial charge in [0.2, 0.25) is 0 Å². The van der Waals surface area contributed by atoms with Crippen molar-refractivity contribution in [3.63, 3.8) is 0 Å². The standard InChI is InChI=1S/C11H13ClN2O/c1-2-13-6-5-11-14-9-4-3-8(12)7-10(9)15-11/h3-4,7,13H,2,5-6H2,1H3. The molecule has 15 heavy (non-hydrogen) atoms. The lowest BCUT2D eigenvalue weighted by Gasteiger charge is -1.95. The summed E-state index contributed by atoms with van der Waals surface area (Å²) in [4.78, 5) is 4.36. The lowest BCUT2D eigenvalue weighted by molar-refractivity contribution is 0.517. The lowest BCUT2D eigenvalue weighted by Crippen LogP contribution is -2.16. The molecular formula is C11H13ClN2O. The SMILES string of the molecule is CCNCCc1nc2ccc(Cl)cc2o1. The first-order valence-electron chi connectivity index (χ1n) is 5.05. The van der Waals surface area contributed by atoms with E-state index in [1.807, 2.05) is 12.1 Å². The van der Waals surface area contributed by atoms with Crippen molar-refractivity contribution >= 4 is 22.7 Å². The van der Waals surface area contributed by atoms with Crippen LogP contribution in [0.15, 0.2) is 22.6 Å². The highest BCUT2D eigenvalue weighted by Crippen LogP contribution is 2.20. The van der Waals surface area contributed by atoms with Gasteiger partial charge in [-0.3, -0.25) is 0 Å². The zero-order valence-corrected chi connectivity index (χ0v) is 9.34. The van der Waals surface area contributed by atoms with Gasteiger partial charge in [-0.1, -0.05) is 18.5 Å². The summed E-state index contributed by atoms with van der Waals surface area (Å²) >= 11 is 5.85. The summed E-state index contributed by atoms with van der Waals surface area (Å²) in [5.74, 6) is 0.758. The first kappa shape index (κ1) is 10.5. The molecule has 0 aliphatic rings. The van der Waals surface area contributed by atoms with Crippen molar-refractivity contribution in [2.45, 2.75) is 13.3 Å². The van der Waals surface area contributed by atoms with E-state index in [-0.39, 0.29) is 0 Å². The largest absolute Gasteiger partial charge is 0.441 e. The number of aromatic nitrogens is 1. The molecule has 0 radical (unpaired) electrons. The van der Waals surface area contributed by atoms with Crippen molar-refractivity contribution in [2.24, 2.45) is 0 Å². The minimum atomic E-state index is 0.678. The molecule has 0 amide bonds. The highest BCUT2D eigenvalue weighted by molar-refractivity contribution is 6.31. The summed E-state index contributed by atoms with van der Waals surface area (Å²) in [5, 5.41) is 3.90. The van der Waals surface area contributed by atoms with Crippen LogP contribution >= 0.6 is 11.6 Å². The third-order valence-electron chi connectivity index (χ3n) is 2.16. The maximum atomic E-state index is 5.85. The number of rotatable bonds is 4. The molecule has 1 aromatic carbocycles. The van der Waals surface area contributed by atoms with Crippen molar-refractivity contribution in [3.05, 3.63) is 29.1 Å². The molecule has 2 rings (SSSR count). The van der Waals surface area contributed by atoms with Crippen molar-refractivity contribution in [1.82, 2.24) is 10.3 Å². The molecule has 0 bridgehead atoms. The monoisotopic (exact) mass is 224 g/mol. The van der Waals surface area contributed by atoms with Crippen molar-refractivity contribution in [3.8, 4) is 0 Å². The number of likely N-dealkylation sites (N-methyl/N-ethyl adjacent to an activating group) is 1. The van der Waals surface area contributed by atoms with Gasteiger partial charge in [0.15, 0.2) is 11.5 Å². The average molecular weight is 225 g/mol. The summed E-state index contributed by atoms with van der Waals surface area (Å²) in [6, 6.07) is 5.49. The summed E-state index contributed by atoms with van der Waals surface area (Å²) in [6.07, 6.45) is 0.806. The first-order chi connectivity index (χ1) is 7.29. The summed E-state index contributed by atoms with van der Waals surface area (Å²) in [7, 11) is 0. The number of nitrogens with one attached hydrogen (secondary N) is 1. The molecule has 0 aliphatic carbocycles. The molecule has 2 aromatic rings. The number of hydrogen-bond acceptors (Lipinski definition) is 3. The molecule has 1 N–H and O–H groups in total. The van der Waals surface area contributed by atoms with Gasteiger partial charge >= 0.3 is 0 Å². The maximum Gasteiger partial charge on any atom is 0.196 e. The second-order valence-electron chi connectivity index (χ2n) is 3.32. The number of halogens is 1. The quantitative estimate of drug-likeness (QED) is 0.812. The minimum Gasteiger partial charge on any atom is -0.441 e. The highest BCUT2D eigenvalue weighted by atomic mass is 35.5. The number of fused-ring (bicyclic) bond motifs is 1. The molecule has 0 unspecified atom stereocenters. The number of hydrogen-bond donors (Lipinski definition) is 1. The van der Waals surface area contributed by atoms with Gasteiger partial charge in [0.05, 0.1) is 0 Å². The molecule has 0 saturated carbocycles. The van der Waals surface area contributed by atoms with Gasteiger partial charge < -0.3 is 9.73 Å². The average Bonchev–Trinajstić information content (AvgIpc) is 2.60. The van der Waals surface area contributed by atoms with E-state index in [4.69, 9.17) is 16.0 Å². The van der Waals surface area contributed by atoms with E-state index in [0.717, 1.165) is 36.5 Å². The third kappa shape index (κ3) is 2.49. The van der Waals surface area contributed by atoms with E-state index in [0.29, 0.717) is 5.02 Å². The Labute approximate surface area is 93.4 Å². The maximum absolute atomic E-state index is 5.85. The second-order valence-corrected chi connectivity index (χ2v) is 3.76. The Balaban J connectivity index is 2.16. The van der Waals surface area contributed by atoms with Crippen LogP contribution in [0.5, 0.6) is 0 Å². The first-order valence-corrected chi connectivity index (χ1v) is 5.43. The number of oxazole rings is 1. The molecule has 80 valence electrons. The van der Waals surface area contributed by atoms with Crippen molar-refractivity contribution in [1.29, 1.82) is 0 Å². The van der Waals surface area contributed by atoms with E-state index in [1.54, 1.807) is 6.07 Å². The van der Waals surface area contributed by atoms with Crippen LogP contribution in [0.2, 0.25) is 5.02 Å². The van der Waals surface area contributed by atoms with Gasteiger partial charge in [-0.25, -0.2) is 4.98 Å². The molecule has 0 spiro atoms. The Morgan fingerprint density at radius 3 is 3.13 bits per heavy atom. The van der Waals surface area contributed by atoms with E-state index < -0.39 is 0 Å². The highest BCUT2D eigenvalue weighted by Gasteiger charge is 2.05. The minimum absolute atomic E-state index is 0.678.